The standard InChI is InChI=1S/C28H33N3O2S/c1-20(2)21-13-15-22(16-14-21)26(27(32)30-23-9-4-3-5-10-23)31(19-24-11-8-18-34-24)28(33)25-12-6-7-17-29-25/h6-8,11-18,20,23,26H,3-5,9-10,19H2,1-2H3,(H,30,32). The van der Waals surface area contributed by atoms with E-state index in [0.29, 0.717) is 18.2 Å². The first-order valence-corrected chi connectivity index (χ1v) is 13.1. The summed E-state index contributed by atoms with van der Waals surface area (Å²) in [6.07, 6.45) is 7.07. The van der Waals surface area contributed by atoms with Crippen LogP contribution in [0.15, 0.2) is 66.2 Å². The van der Waals surface area contributed by atoms with E-state index in [2.05, 4.69) is 36.3 Å². The number of carbonyl (C=O) groups is 2. The lowest BCUT2D eigenvalue weighted by atomic mass is 9.94. The minimum absolute atomic E-state index is 0.120. The Labute approximate surface area is 206 Å². The Morgan fingerprint density at radius 2 is 1.74 bits per heavy atom. The first-order chi connectivity index (χ1) is 16.5. The van der Waals surface area contributed by atoms with Gasteiger partial charge >= 0.3 is 0 Å². The Hall–Kier alpha value is -2.99. The van der Waals surface area contributed by atoms with E-state index < -0.39 is 6.04 Å². The molecule has 0 radical (unpaired) electrons. The van der Waals surface area contributed by atoms with Crippen LogP contribution in [-0.2, 0) is 11.3 Å². The molecule has 1 atom stereocenters. The third-order valence-electron chi connectivity index (χ3n) is 6.48. The van der Waals surface area contributed by atoms with Crippen LogP contribution in [0, 0.1) is 0 Å². The van der Waals surface area contributed by atoms with E-state index >= 15 is 0 Å². The van der Waals surface area contributed by atoms with Gasteiger partial charge in [0.1, 0.15) is 11.7 Å². The highest BCUT2D eigenvalue weighted by atomic mass is 32.1. The average molecular weight is 476 g/mol. The van der Waals surface area contributed by atoms with Gasteiger partial charge in [-0.15, -0.1) is 11.3 Å². The third-order valence-corrected chi connectivity index (χ3v) is 7.34. The van der Waals surface area contributed by atoms with Crippen LogP contribution in [0.5, 0.6) is 0 Å². The van der Waals surface area contributed by atoms with Gasteiger partial charge in [0.2, 0.25) is 5.91 Å². The van der Waals surface area contributed by atoms with Crippen LogP contribution < -0.4 is 5.32 Å². The van der Waals surface area contributed by atoms with E-state index in [-0.39, 0.29) is 17.9 Å². The largest absolute Gasteiger partial charge is 0.351 e. The number of carbonyl (C=O) groups excluding carboxylic acids is 2. The minimum Gasteiger partial charge on any atom is -0.351 e. The molecule has 1 aromatic carbocycles. The molecule has 2 heterocycles. The van der Waals surface area contributed by atoms with Crippen LogP contribution in [0.25, 0.3) is 0 Å². The average Bonchev–Trinajstić information content (AvgIpc) is 3.38. The van der Waals surface area contributed by atoms with Gasteiger partial charge in [-0.1, -0.05) is 69.5 Å². The zero-order chi connectivity index (χ0) is 23.9. The van der Waals surface area contributed by atoms with Gasteiger partial charge in [-0.05, 0) is 53.5 Å². The molecule has 4 rings (SSSR count). The molecule has 6 heteroatoms. The fraction of sp³-hybridized carbons (Fsp3) is 0.393. The maximum atomic E-state index is 13.8. The Morgan fingerprint density at radius 1 is 1.00 bits per heavy atom. The van der Waals surface area contributed by atoms with E-state index in [9.17, 15) is 9.59 Å². The van der Waals surface area contributed by atoms with Crippen molar-refractivity contribution in [2.75, 3.05) is 0 Å². The van der Waals surface area contributed by atoms with E-state index in [1.807, 2.05) is 29.6 Å². The van der Waals surface area contributed by atoms with Crippen molar-refractivity contribution in [3.63, 3.8) is 0 Å². The van der Waals surface area contributed by atoms with Crippen molar-refractivity contribution in [3.8, 4) is 0 Å². The molecule has 5 nitrogen and oxygen atoms in total. The lowest BCUT2D eigenvalue weighted by Gasteiger charge is -2.33. The molecule has 1 fully saturated rings. The van der Waals surface area contributed by atoms with Crippen molar-refractivity contribution in [3.05, 3.63) is 87.9 Å². The molecule has 178 valence electrons. The summed E-state index contributed by atoms with van der Waals surface area (Å²) in [4.78, 5) is 34.6. The molecule has 34 heavy (non-hydrogen) atoms. The van der Waals surface area contributed by atoms with Gasteiger partial charge in [0.15, 0.2) is 0 Å². The second-order valence-corrected chi connectivity index (χ2v) is 10.3. The number of benzene rings is 1. The number of nitrogens with one attached hydrogen (secondary N) is 1. The number of thiophene rings is 1. The maximum Gasteiger partial charge on any atom is 0.273 e. The highest BCUT2D eigenvalue weighted by Crippen LogP contribution is 2.29. The number of aromatic nitrogens is 1. The molecule has 2 aromatic heterocycles. The van der Waals surface area contributed by atoms with Crippen LogP contribution in [0.3, 0.4) is 0 Å². The zero-order valence-corrected chi connectivity index (χ0v) is 20.8. The highest BCUT2D eigenvalue weighted by molar-refractivity contribution is 7.09. The number of rotatable bonds is 8. The van der Waals surface area contributed by atoms with E-state index in [1.165, 1.54) is 12.0 Å². The molecule has 1 aliphatic rings. The summed E-state index contributed by atoms with van der Waals surface area (Å²) in [6.45, 7) is 4.65. The molecular formula is C28H33N3O2S. The summed E-state index contributed by atoms with van der Waals surface area (Å²) in [7, 11) is 0. The van der Waals surface area contributed by atoms with Crippen LogP contribution in [-0.4, -0.2) is 27.7 Å². The number of nitrogens with zero attached hydrogens (tertiary/aromatic N) is 2. The van der Waals surface area contributed by atoms with Gasteiger partial charge in [0.05, 0.1) is 6.54 Å². The first-order valence-electron chi connectivity index (χ1n) is 12.2. The predicted molar refractivity (Wildman–Crippen MR) is 137 cm³/mol. The SMILES string of the molecule is CC(C)c1ccc(C(C(=O)NC2CCCCC2)N(Cc2cccs2)C(=O)c2ccccn2)cc1. The Bertz CT molecular complexity index is 1060. The molecule has 1 aliphatic carbocycles. The number of pyridine rings is 1. The lowest BCUT2D eigenvalue weighted by Crippen LogP contribution is -2.47. The van der Waals surface area contributed by atoms with E-state index in [1.54, 1.807) is 40.6 Å². The summed E-state index contributed by atoms with van der Waals surface area (Å²) >= 11 is 1.58. The van der Waals surface area contributed by atoms with Gasteiger partial charge in [-0.2, -0.15) is 0 Å². The summed E-state index contributed by atoms with van der Waals surface area (Å²) in [6, 6.07) is 16.8. The molecular weight excluding hydrogens is 442 g/mol. The van der Waals surface area contributed by atoms with Crippen LogP contribution >= 0.6 is 11.3 Å². The summed E-state index contributed by atoms with van der Waals surface area (Å²) in [5, 5.41) is 5.26. The Kier molecular flexibility index (Phi) is 8.12. The summed E-state index contributed by atoms with van der Waals surface area (Å²) in [5.41, 5.74) is 2.36. The van der Waals surface area contributed by atoms with Crippen molar-refractivity contribution >= 4 is 23.2 Å². The van der Waals surface area contributed by atoms with E-state index in [4.69, 9.17) is 0 Å². The number of hydrogen-bond donors (Lipinski definition) is 1. The van der Waals surface area contributed by atoms with Crippen LogP contribution in [0.1, 0.15) is 84.4 Å². The second-order valence-electron chi connectivity index (χ2n) is 9.29. The quantitative estimate of drug-likeness (QED) is 0.428. The second kappa shape index (κ2) is 11.4. The van der Waals surface area contributed by atoms with Gasteiger partial charge in [0.25, 0.3) is 5.91 Å². The Balaban J connectivity index is 1.72. The lowest BCUT2D eigenvalue weighted by molar-refractivity contribution is -0.127. The molecule has 2 amide bonds. The van der Waals surface area contributed by atoms with Crippen LogP contribution in [0.4, 0.5) is 0 Å². The fourth-order valence-electron chi connectivity index (χ4n) is 4.55. The van der Waals surface area contributed by atoms with Gasteiger partial charge < -0.3 is 10.2 Å². The smallest absolute Gasteiger partial charge is 0.273 e. The topological polar surface area (TPSA) is 62.3 Å². The summed E-state index contributed by atoms with van der Waals surface area (Å²) < 4.78 is 0. The van der Waals surface area contributed by atoms with Crippen molar-refractivity contribution in [2.24, 2.45) is 0 Å². The molecule has 0 saturated heterocycles. The predicted octanol–water partition coefficient (Wildman–Crippen LogP) is 6.10. The van der Waals surface area contributed by atoms with Crippen molar-refractivity contribution in [2.45, 2.75) is 70.5 Å². The van der Waals surface area contributed by atoms with Gasteiger partial charge in [0, 0.05) is 17.1 Å². The zero-order valence-electron chi connectivity index (χ0n) is 19.9. The minimum atomic E-state index is -0.736. The molecule has 0 spiro atoms. The molecule has 1 saturated carbocycles. The monoisotopic (exact) mass is 475 g/mol. The molecule has 0 aliphatic heterocycles. The van der Waals surface area contributed by atoms with Crippen LogP contribution in [0.2, 0.25) is 0 Å². The van der Waals surface area contributed by atoms with Gasteiger partial charge in [-0.25, -0.2) is 0 Å². The normalized spacial score (nSPS) is 15.1. The van der Waals surface area contributed by atoms with Gasteiger partial charge in [-0.3, -0.25) is 14.6 Å². The van der Waals surface area contributed by atoms with Crippen molar-refractivity contribution in [1.82, 2.24) is 15.2 Å². The fourth-order valence-corrected chi connectivity index (χ4v) is 5.25. The Morgan fingerprint density at radius 3 is 2.35 bits per heavy atom. The maximum absolute atomic E-state index is 13.8. The highest BCUT2D eigenvalue weighted by Gasteiger charge is 2.34. The molecule has 1 N–H and O–H groups in total. The summed E-state index contributed by atoms with van der Waals surface area (Å²) in [5.74, 6) is 0.0247. The molecule has 1 unspecified atom stereocenters. The third kappa shape index (κ3) is 5.92. The number of hydrogen-bond acceptors (Lipinski definition) is 4. The first kappa shape index (κ1) is 24.1. The molecule has 0 bridgehead atoms. The van der Waals surface area contributed by atoms with E-state index in [0.717, 1.165) is 36.1 Å². The number of amides is 2. The molecule has 3 aromatic rings. The van der Waals surface area contributed by atoms with Crippen molar-refractivity contribution in [1.29, 1.82) is 0 Å². The van der Waals surface area contributed by atoms with Crippen molar-refractivity contribution < 1.29 is 9.59 Å².